The topological polar surface area (TPSA) is 36.4 Å². The first-order chi connectivity index (χ1) is 10.1. The highest BCUT2D eigenvalue weighted by Crippen LogP contribution is 2.22. The molecule has 3 rings (SSSR count). The van der Waals surface area contributed by atoms with Gasteiger partial charge < -0.3 is 9.80 Å². The maximum absolute atomic E-state index is 12.3. The molecule has 0 N–H and O–H groups in total. The second kappa shape index (κ2) is 5.85. The van der Waals surface area contributed by atoms with Gasteiger partial charge in [0.15, 0.2) is 5.13 Å². The lowest BCUT2D eigenvalue weighted by molar-refractivity contribution is -0.131. The molecule has 5 heteroatoms. The van der Waals surface area contributed by atoms with Crippen LogP contribution >= 0.6 is 11.3 Å². The van der Waals surface area contributed by atoms with E-state index < -0.39 is 0 Å². The van der Waals surface area contributed by atoms with Gasteiger partial charge in [0.05, 0.1) is 12.2 Å². The average Bonchev–Trinajstić information content (AvgIpc) is 2.90. The van der Waals surface area contributed by atoms with E-state index in [-0.39, 0.29) is 5.91 Å². The van der Waals surface area contributed by atoms with E-state index in [1.165, 1.54) is 11.1 Å². The molecule has 0 radical (unpaired) electrons. The molecule has 1 aliphatic heterocycles. The third-order valence-corrected chi connectivity index (χ3v) is 4.71. The number of nitrogens with zero attached hydrogens (tertiary/aromatic N) is 3. The molecule has 21 heavy (non-hydrogen) atoms. The molecule has 0 atom stereocenters. The molecule has 0 saturated carbocycles. The highest BCUT2D eigenvalue weighted by atomic mass is 32.1. The maximum Gasteiger partial charge on any atom is 0.242 e. The summed E-state index contributed by atoms with van der Waals surface area (Å²) in [5, 5.41) is 2.98. The summed E-state index contributed by atoms with van der Waals surface area (Å²) in [6, 6.07) is 8.38. The van der Waals surface area contributed by atoms with Crippen LogP contribution in [0.25, 0.3) is 0 Å². The molecule has 2 heterocycles. The largest absolute Gasteiger partial charge is 0.337 e. The van der Waals surface area contributed by atoms with Crippen LogP contribution < -0.4 is 4.90 Å². The van der Waals surface area contributed by atoms with Crippen LogP contribution in [0.3, 0.4) is 0 Å². The number of hydrogen-bond acceptors (Lipinski definition) is 4. The van der Waals surface area contributed by atoms with Gasteiger partial charge in [-0.15, -0.1) is 11.3 Å². The molecule has 1 saturated heterocycles. The predicted octanol–water partition coefficient (Wildman–Crippen LogP) is 2.61. The molecule has 2 aromatic rings. The Kier molecular flexibility index (Phi) is 3.92. The van der Waals surface area contributed by atoms with Crippen molar-refractivity contribution < 1.29 is 4.79 Å². The van der Waals surface area contributed by atoms with E-state index in [1.807, 2.05) is 17.2 Å². The van der Waals surface area contributed by atoms with E-state index in [1.54, 1.807) is 11.3 Å². The lowest BCUT2D eigenvalue weighted by Crippen LogP contribution is -2.50. The summed E-state index contributed by atoms with van der Waals surface area (Å²) in [6.45, 7) is 6.79. The normalized spacial score (nSPS) is 15.6. The Bertz CT molecular complexity index is 635. The monoisotopic (exact) mass is 301 g/mol. The summed E-state index contributed by atoms with van der Waals surface area (Å²) in [6.07, 6.45) is 0. The van der Waals surface area contributed by atoms with Gasteiger partial charge in [-0.25, -0.2) is 4.98 Å². The number of hydrogen-bond donors (Lipinski definition) is 0. The first-order valence-corrected chi connectivity index (χ1v) is 8.00. The van der Waals surface area contributed by atoms with Crippen molar-refractivity contribution in [1.29, 1.82) is 0 Å². The van der Waals surface area contributed by atoms with Crippen LogP contribution in [0.4, 0.5) is 5.13 Å². The second-order valence-electron chi connectivity index (χ2n) is 5.49. The summed E-state index contributed by atoms with van der Waals surface area (Å²) in [7, 11) is 0. The molecule has 0 unspecified atom stereocenters. The molecular weight excluding hydrogens is 282 g/mol. The van der Waals surface area contributed by atoms with Gasteiger partial charge in [0.2, 0.25) is 5.91 Å². The van der Waals surface area contributed by atoms with Gasteiger partial charge in [0, 0.05) is 25.0 Å². The first-order valence-electron chi connectivity index (χ1n) is 7.12. The smallest absolute Gasteiger partial charge is 0.242 e. The van der Waals surface area contributed by atoms with Gasteiger partial charge >= 0.3 is 0 Å². The van der Waals surface area contributed by atoms with E-state index in [4.69, 9.17) is 0 Å². The van der Waals surface area contributed by atoms with Crippen molar-refractivity contribution in [2.24, 2.45) is 0 Å². The average molecular weight is 301 g/mol. The number of anilines is 1. The molecule has 4 nitrogen and oxygen atoms in total. The summed E-state index contributed by atoms with van der Waals surface area (Å²) in [5.41, 5.74) is 3.45. The van der Waals surface area contributed by atoms with Crippen molar-refractivity contribution in [1.82, 2.24) is 9.88 Å². The van der Waals surface area contributed by atoms with Crippen molar-refractivity contribution in [2.75, 3.05) is 24.5 Å². The number of thiazole rings is 1. The van der Waals surface area contributed by atoms with E-state index in [2.05, 4.69) is 41.1 Å². The van der Waals surface area contributed by atoms with E-state index in [9.17, 15) is 4.79 Å². The molecule has 1 fully saturated rings. The number of carbonyl (C=O) groups excluding carboxylic acids is 1. The standard InChI is InChI=1S/C16H19N3OS/c1-12-3-5-14(6-4-12)9-18-7-8-19(10-15(18)20)16-17-13(2)11-21-16/h3-6,11H,7-10H2,1-2H3. The van der Waals surface area contributed by atoms with Gasteiger partial charge in [0.25, 0.3) is 0 Å². The second-order valence-corrected chi connectivity index (χ2v) is 6.33. The van der Waals surface area contributed by atoms with E-state index in [0.29, 0.717) is 13.1 Å². The Morgan fingerprint density at radius 2 is 1.95 bits per heavy atom. The van der Waals surface area contributed by atoms with E-state index >= 15 is 0 Å². The van der Waals surface area contributed by atoms with Crippen LogP contribution in [-0.2, 0) is 11.3 Å². The predicted molar refractivity (Wildman–Crippen MR) is 85.7 cm³/mol. The summed E-state index contributed by atoms with van der Waals surface area (Å²) < 4.78 is 0. The van der Waals surface area contributed by atoms with Crippen molar-refractivity contribution in [2.45, 2.75) is 20.4 Å². The summed E-state index contributed by atoms with van der Waals surface area (Å²) >= 11 is 1.61. The number of aryl methyl sites for hydroxylation is 2. The number of aromatic nitrogens is 1. The minimum absolute atomic E-state index is 0.176. The zero-order valence-corrected chi connectivity index (χ0v) is 13.2. The zero-order chi connectivity index (χ0) is 14.8. The minimum atomic E-state index is 0.176. The molecule has 0 spiro atoms. The Hall–Kier alpha value is -1.88. The number of piperazine rings is 1. The number of amides is 1. The van der Waals surface area contributed by atoms with Crippen LogP contribution in [0, 0.1) is 13.8 Å². The molecule has 110 valence electrons. The molecule has 1 aliphatic rings. The molecule has 1 aromatic heterocycles. The van der Waals surface area contributed by atoms with Gasteiger partial charge in [-0.1, -0.05) is 29.8 Å². The van der Waals surface area contributed by atoms with Crippen LogP contribution in [0.15, 0.2) is 29.6 Å². The summed E-state index contributed by atoms with van der Waals surface area (Å²) in [5.74, 6) is 0.176. The highest BCUT2D eigenvalue weighted by Gasteiger charge is 2.25. The fourth-order valence-corrected chi connectivity index (χ4v) is 3.27. The Labute approximate surface area is 129 Å². The zero-order valence-electron chi connectivity index (χ0n) is 12.4. The number of rotatable bonds is 3. The van der Waals surface area contributed by atoms with Crippen LogP contribution in [0.1, 0.15) is 16.8 Å². The lowest BCUT2D eigenvalue weighted by atomic mass is 10.1. The van der Waals surface area contributed by atoms with Gasteiger partial charge in [-0.05, 0) is 19.4 Å². The van der Waals surface area contributed by atoms with Crippen LogP contribution in [-0.4, -0.2) is 35.4 Å². The quantitative estimate of drug-likeness (QED) is 0.874. The Balaban J connectivity index is 1.63. The van der Waals surface area contributed by atoms with E-state index in [0.717, 1.165) is 23.9 Å². The third kappa shape index (κ3) is 3.24. The van der Waals surface area contributed by atoms with Gasteiger partial charge in [-0.2, -0.15) is 0 Å². The molecule has 0 aliphatic carbocycles. The fourth-order valence-electron chi connectivity index (χ4n) is 2.44. The molecule has 1 amide bonds. The van der Waals surface area contributed by atoms with Crippen molar-refractivity contribution in [3.63, 3.8) is 0 Å². The van der Waals surface area contributed by atoms with Gasteiger partial charge in [0.1, 0.15) is 0 Å². The maximum atomic E-state index is 12.3. The minimum Gasteiger partial charge on any atom is -0.337 e. The molecule has 0 bridgehead atoms. The SMILES string of the molecule is Cc1ccc(CN2CCN(c3nc(C)cs3)CC2=O)cc1. The number of benzene rings is 1. The fraction of sp³-hybridized carbons (Fsp3) is 0.375. The van der Waals surface area contributed by atoms with Crippen LogP contribution in [0.2, 0.25) is 0 Å². The molecular formula is C16H19N3OS. The van der Waals surface area contributed by atoms with Crippen LogP contribution in [0.5, 0.6) is 0 Å². The molecule has 1 aromatic carbocycles. The van der Waals surface area contributed by atoms with Crippen molar-refractivity contribution in [3.8, 4) is 0 Å². The lowest BCUT2D eigenvalue weighted by Gasteiger charge is -2.34. The first kappa shape index (κ1) is 14.1. The highest BCUT2D eigenvalue weighted by molar-refractivity contribution is 7.13. The number of carbonyl (C=O) groups is 1. The van der Waals surface area contributed by atoms with Gasteiger partial charge in [-0.3, -0.25) is 4.79 Å². The van der Waals surface area contributed by atoms with Crippen molar-refractivity contribution >= 4 is 22.4 Å². The third-order valence-electron chi connectivity index (χ3n) is 3.69. The summed E-state index contributed by atoms with van der Waals surface area (Å²) in [4.78, 5) is 20.8. The Morgan fingerprint density at radius 1 is 1.19 bits per heavy atom. The van der Waals surface area contributed by atoms with Crippen molar-refractivity contribution in [3.05, 3.63) is 46.5 Å². The Morgan fingerprint density at radius 3 is 2.57 bits per heavy atom.